The molecule has 3 atom stereocenters. The van der Waals surface area contributed by atoms with Gasteiger partial charge in [0, 0.05) is 30.6 Å². The van der Waals surface area contributed by atoms with Crippen LogP contribution in [0.4, 0.5) is 0 Å². The van der Waals surface area contributed by atoms with E-state index < -0.39 is 0 Å². The molecular weight excluding hydrogens is 202 g/mol. The van der Waals surface area contributed by atoms with Crippen LogP contribution in [-0.2, 0) is 4.74 Å². The summed E-state index contributed by atoms with van der Waals surface area (Å²) >= 11 is 0. The maximum Gasteiger partial charge on any atom is 0.0690 e. The topological polar surface area (TPSA) is 41.5 Å². The lowest BCUT2D eigenvalue weighted by molar-refractivity contribution is -0.130. The zero-order valence-electron chi connectivity index (χ0n) is 9.95. The minimum atomic E-state index is 0.303. The highest BCUT2D eigenvalue weighted by molar-refractivity contribution is 5.16. The Hall–Kier alpha value is -0.120. The van der Waals surface area contributed by atoms with E-state index >= 15 is 0 Å². The van der Waals surface area contributed by atoms with E-state index in [1.165, 1.54) is 32.1 Å². The first-order valence-corrected chi connectivity index (χ1v) is 6.84. The Labute approximate surface area is 97.6 Å². The second-order valence-electron chi connectivity index (χ2n) is 5.69. The summed E-state index contributed by atoms with van der Waals surface area (Å²) in [5.74, 6) is 0.761. The van der Waals surface area contributed by atoms with Gasteiger partial charge in [0.25, 0.3) is 0 Å². The van der Waals surface area contributed by atoms with E-state index in [1.807, 2.05) is 0 Å². The van der Waals surface area contributed by atoms with Crippen molar-refractivity contribution in [1.29, 1.82) is 0 Å². The highest BCUT2D eigenvalue weighted by Gasteiger charge is 2.64. The first-order chi connectivity index (χ1) is 7.88. The molecule has 1 aliphatic heterocycles. The Kier molecular flexibility index (Phi) is 2.94. The summed E-state index contributed by atoms with van der Waals surface area (Å²) in [5.41, 5.74) is 0.469. The molecule has 0 aromatic carbocycles. The zero-order chi connectivity index (χ0) is 11.0. The summed E-state index contributed by atoms with van der Waals surface area (Å²) < 4.78 is 5.94. The van der Waals surface area contributed by atoms with Gasteiger partial charge in [-0.05, 0) is 32.2 Å². The molecule has 2 saturated carbocycles. The van der Waals surface area contributed by atoms with E-state index in [4.69, 9.17) is 9.84 Å². The van der Waals surface area contributed by atoms with Gasteiger partial charge in [0.1, 0.15) is 0 Å². The molecule has 0 amide bonds. The van der Waals surface area contributed by atoms with E-state index in [-0.39, 0.29) is 0 Å². The largest absolute Gasteiger partial charge is 0.396 e. The van der Waals surface area contributed by atoms with Crippen LogP contribution < -0.4 is 5.32 Å². The van der Waals surface area contributed by atoms with Crippen molar-refractivity contribution in [1.82, 2.24) is 5.32 Å². The quantitative estimate of drug-likeness (QED) is 0.709. The van der Waals surface area contributed by atoms with Crippen LogP contribution in [0.1, 0.15) is 38.5 Å². The first kappa shape index (κ1) is 11.0. The SMILES string of the molecule is OCCCNC1C2CCOC2C12CCCC2. The predicted octanol–water partition coefficient (Wildman–Crippen LogP) is 1.31. The highest BCUT2D eigenvalue weighted by Crippen LogP contribution is 2.60. The fourth-order valence-corrected chi connectivity index (χ4v) is 4.34. The molecule has 0 bridgehead atoms. The van der Waals surface area contributed by atoms with Gasteiger partial charge in [-0.1, -0.05) is 12.8 Å². The van der Waals surface area contributed by atoms with Gasteiger partial charge in [-0.25, -0.2) is 0 Å². The summed E-state index contributed by atoms with van der Waals surface area (Å²) in [6.45, 7) is 2.23. The second-order valence-corrected chi connectivity index (χ2v) is 5.69. The molecule has 16 heavy (non-hydrogen) atoms. The van der Waals surface area contributed by atoms with Crippen molar-refractivity contribution in [3.8, 4) is 0 Å². The summed E-state index contributed by atoms with van der Waals surface area (Å²) in [6.07, 6.45) is 8.14. The number of hydrogen-bond donors (Lipinski definition) is 2. The van der Waals surface area contributed by atoms with Crippen LogP contribution in [0.25, 0.3) is 0 Å². The number of aliphatic hydroxyl groups excluding tert-OH is 1. The van der Waals surface area contributed by atoms with E-state index in [9.17, 15) is 0 Å². The Morgan fingerprint density at radius 3 is 2.88 bits per heavy atom. The molecule has 2 N–H and O–H groups in total. The maximum absolute atomic E-state index is 8.85. The molecule has 0 aromatic rings. The van der Waals surface area contributed by atoms with Crippen LogP contribution in [0, 0.1) is 11.3 Å². The number of nitrogens with one attached hydrogen (secondary N) is 1. The molecule has 1 spiro atoms. The average molecular weight is 225 g/mol. The molecule has 1 saturated heterocycles. The molecule has 3 aliphatic rings. The lowest BCUT2D eigenvalue weighted by Crippen LogP contribution is -2.67. The van der Waals surface area contributed by atoms with Crippen LogP contribution in [0.2, 0.25) is 0 Å². The minimum Gasteiger partial charge on any atom is -0.396 e. The normalized spacial score (nSPS) is 39.9. The fourth-order valence-electron chi connectivity index (χ4n) is 4.34. The zero-order valence-corrected chi connectivity index (χ0v) is 9.95. The highest BCUT2D eigenvalue weighted by atomic mass is 16.5. The van der Waals surface area contributed by atoms with Crippen LogP contribution in [0.15, 0.2) is 0 Å². The van der Waals surface area contributed by atoms with Gasteiger partial charge in [-0.15, -0.1) is 0 Å². The molecule has 3 fully saturated rings. The van der Waals surface area contributed by atoms with Gasteiger partial charge in [-0.2, -0.15) is 0 Å². The van der Waals surface area contributed by atoms with Crippen molar-refractivity contribution < 1.29 is 9.84 Å². The molecule has 1 heterocycles. The standard InChI is InChI=1S/C13H23NO2/c15-8-3-7-14-11-10-4-9-16-12(10)13(11)5-1-2-6-13/h10-12,14-15H,1-9H2. The van der Waals surface area contributed by atoms with Crippen molar-refractivity contribution >= 4 is 0 Å². The van der Waals surface area contributed by atoms with Crippen molar-refractivity contribution in [2.45, 2.75) is 50.7 Å². The maximum atomic E-state index is 8.85. The van der Waals surface area contributed by atoms with E-state index in [1.54, 1.807) is 0 Å². The lowest BCUT2D eigenvalue weighted by atomic mass is 9.54. The van der Waals surface area contributed by atoms with Gasteiger partial charge < -0.3 is 15.2 Å². The van der Waals surface area contributed by atoms with Crippen LogP contribution in [0.5, 0.6) is 0 Å². The molecule has 3 heteroatoms. The average Bonchev–Trinajstić information content (AvgIpc) is 2.91. The van der Waals surface area contributed by atoms with Gasteiger partial charge >= 0.3 is 0 Å². The summed E-state index contributed by atoms with van der Waals surface area (Å²) in [6, 6.07) is 0.675. The molecular formula is C13H23NO2. The Balaban J connectivity index is 1.65. The fraction of sp³-hybridized carbons (Fsp3) is 1.00. The third-order valence-corrected chi connectivity index (χ3v) is 4.99. The van der Waals surface area contributed by atoms with Gasteiger partial charge in [0.2, 0.25) is 0 Å². The van der Waals surface area contributed by atoms with Crippen molar-refractivity contribution in [2.24, 2.45) is 11.3 Å². The lowest BCUT2D eigenvalue weighted by Gasteiger charge is -2.57. The number of ether oxygens (including phenoxy) is 1. The number of fused-ring (bicyclic) bond motifs is 2. The van der Waals surface area contributed by atoms with Crippen molar-refractivity contribution in [3.05, 3.63) is 0 Å². The summed E-state index contributed by atoms with van der Waals surface area (Å²) in [7, 11) is 0. The van der Waals surface area contributed by atoms with E-state index in [0.717, 1.165) is 25.5 Å². The first-order valence-electron chi connectivity index (χ1n) is 6.84. The molecule has 0 radical (unpaired) electrons. The van der Waals surface area contributed by atoms with E-state index in [0.29, 0.717) is 24.2 Å². The van der Waals surface area contributed by atoms with Crippen LogP contribution >= 0.6 is 0 Å². The summed E-state index contributed by atoms with van der Waals surface area (Å²) in [5, 5.41) is 12.5. The smallest absolute Gasteiger partial charge is 0.0690 e. The molecule has 2 aliphatic carbocycles. The molecule has 3 unspecified atom stereocenters. The van der Waals surface area contributed by atoms with Gasteiger partial charge in [-0.3, -0.25) is 0 Å². The number of rotatable bonds is 4. The Bertz CT molecular complexity index is 250. The molecule has 3 nitrogen and oxygen atoms in total. The Morgan fingerprint density at radius 1 is 1.31 bits per heavy atom. The third-order valence-electron chi connectivity index (χ3n) is 4.99. The van der Waals surface area contributed by atoms with Crippen molar-refractivity contribution in [3.63, 3.8) is 0 Å². The Morgan fingerprint density at radius 2 is 2.12 bits per heavy atom. The van der Waals surface area contributed by atoms with Gasteiger partial charge in [0.05, 0.1) is 6.10 Å². The minimum absolute atomic E-state index is 0.303. The molecule has 92 valence electrons. The monoisotopic (exact) mass is 225 g/mol. The third kappa shape index (κ3) is 1.45. The molecule has 3 rings (SSSR count). The van der Waals surface area contributed by atoms with Crippen LogP contribution in [0.3, 0.4) is 0 Å². The van der Waals surface area contributed by atoms with Crippen LogP contribution in [-0.4, -0.2) is 37.0 Å². The number of hydrogen-bond acceptors (Lipinski definition) is 3. The van der Waals surface area contributed by atoms with Gasteiger partial charge in [0.15, 0.2) is 0 Å². The summed E-state index contributed by atoms with van der Waals surface area (Å²) in [4.78, 5) is 0. The van der Waals surface area contributed by atoms with Crippen molar-refractivity contribution in [2.75, 3.05) is 19.8 Å². The predicted molar refractivity (Wildman–Crippen MR) is 62.2 cm³/mol. The number of aliphatic hydroxyl groups is 1. The second kappa shape index (κ2) is 4.28. The van der Waals surface area contributed by atoms with E-state index in [2.05, 4.69) is 5.32 Å². The molecule has 0 aromatic heterocycles.